The van der Waals surface area contributed by atoms with E-state index in [1.165, 1.54) is 0 Å². The Morgan fingerprint density at radius 2 is 2.35 bits per heavy atom. The molecule has 92 valence electrons. The quantitative estimate of drug-likeness (QED) is 0.864. The number of hydrogen-bond donors (Lipinski definition) is 1. The Hall–Kier alpha value is -1.05. The van der Waals surface area contributed by atoms with E-state index in [1.54, 1.807) is 11.3 Å². The van der Waals surface area contributed by atoms with Gasteiger partial charge < -0.3 is 10.1 Å². The summed E-state index contributed by atoms with van der Waals surface area (Å²) < 4.78 is 7.29. The van der Waals surface area contributed by atoms with Gasteiger partial charge in [0.1, 0.15) is 5.01 Å². The monoisotopic (exact) mass is 253 g/mol. The highest BCUT2D eigenvalue weighted by Gasteiger charge is 2.22. The van der Waals surface area contributed by atoms with Gasteiger partial charge in [0.15, 0.2) is 5.82 Å². The van der Waals surface area contributed by atoms with Crippen molar-refractivity contribution >= 4 is 16.3 Å². The maximum absolute atomic E-state index is 5.45. The van der Waals surface area contributed by atoms with Crippen LogP contribution >= 0.6 is 11.3 Å². The van der Waals surface area contributed by atoms with Crippen molar-refractivity contribution in [3.8, 4) is 0 Å². The first kappa shape index (κ1) is 11.1. The molecule has 0 spiro atoms. The Morgan fingerprint density at radius 3 is 3.06 bits per heavy atom. The average Bonchev–Trinajstić information content (AvgIpc) is 2.88. The first-order valence-corrected chi connectivity index (χ1v) is 6.60. The molecule has 0 bridgehead atoms. The van der Waals surface area contributed by atoms with Gasteiger partial charge in [-0.05, 0) is 0 Å². The molecule has 2 aromatic rings. The number of nitrogens with one attached hydrogen (secondary N) is 1. The Labute approximate surface area is 103 Å². The first-order chi connectivity index (χ1) is 8.25. The van der Waals surface area contributed by atoms with Gasteiger partial charge in [0.2, 0.25) is 4.96 Å². The molecule has 6 nitrogen and oxygen atoms in total. The summed E-state index contributed by atoms with van der Waals surface area (Å²) in [5.74, 6) is 1.25. The molecule has 7 heteroatoms. The molecule has 3 rings (SSSR count). The van der Waals surface area contributed by atoms with E-state index < -0.39 is 0 Å². The summed E-state index contributed by atoms with van der Waals surface area (Å²) in [7, 11) is 0. The van der Waals surface area contributed by atoms with Crippen LogP contribution in [-0.2, 0) is 4.74 Å². The minimum absolute atomic E-state index is 0.190. The maximum Gasteiger partial charge on any atom is 0.234 e. The van der Waals surface area contributed by atoms with E-state index in [4.69, 9.17) is 4.74 Å². The van der Waals surface area contributed by atoms with E-state index >= 15 is 0 Å². The standard InChI is InChI=1S/C10H15N5OS/c1-6(2)8-12-13-10-15(8)14-9(17-10)7-5-16-4-3-11-7/h6-7,11H,3-5H2,1-2H3. The summed E-state index contributed by atoms with van der Waals surface area (Å²) in [5.41, 5.74) is 0. The van der Waals surface area contributed by atoms with Gasteiger partial charge in [0.05, 0.1) is 19.3 Å². The molecule has 0 radical (unpaired) electrons. The molecule has 0 amide bonds. The summed E-state index contributed by atoms with van der Waals surface area (Å²) in [5, 5.41) is 17.3. The summed E-state index contributed by atoms with van der Waals surface area (Å²) in [6.07, 6.45) is 0. The van der Waals surface area contributed by atoms with Crippen molar-refractivity contribution in [3.05, 3.63) is 10.8 Å². The van der Waals surface area contributed by atoms with Crippen molar-refractivity contribution in [2.75, 3.05) is 19.8 Å². The topological polar surface area (TPSA) is 64.3 Å². The molecular formula is C10H15N5OS. The van der Waals surface area contributed by atoms with Crippen molar-refractivity contribution in [1.29, 1.82) is 0 Å². The smallest absolute Gasteiger partial charge is 0.234 e. The summed E-state index contributed by atoms with van der Waals surface area (Å²) in [4.78, 5) is 0.857. The minimum atomic E-state index is 0.190. The summed E-state index contributed by atoms with van der Waals surface area (Å²) >= 11 is 1.58. The molecule has 1 aliphatic rings. The third kappa shape index (κ3) is 1.94. The van der Waals surface area contributed by atoms with Gasteiger partial charge in [-0.1, -0.05) is 25.2 Å². The van der Waals surface area contributed by atoms with Crippen LogP contribution in [0.25, 0.3) is 4.96 Å². The van der Waals surface area contributed by atoms with Gasteiger partial charge in [0.25, 0.3) is 0 Å². The van der Waals surface area contributed by atoms with Crippen molar-refractivity contribution in [3.63, 3.8) is 0 Å². The van der Waals surface area contributed by atoms with Crippen LogP contribution in [0.3, 0.4) is 0 Å². The number of nitrogens with zero attached hydrogens (tertiary/aromatic N) is 4. The van der Waals surface area contributed by atoms with E-state index in [-0.39, 0.29) is 6.04 Å². The van der Waals surface area contributed by atoms with Crippen LogP contribution in [0.1, 0.15) is 36.6 Å². The lowest BCUT2D eigenvalue weighted by molar-refractivity contribution is 0.0765. The highest BCUT2D eigenvalue weighted by Crippen LogP contribution is 2.24. The third-order valence-corrected chi connectivity index (χ3v) is 3.78. The maximum atomic E-state index is 5.45. The van der Waals surface area contributed by atoms with Crippen LogP contribution in [0.15, 0.2) is 0 Å². The fourth-order valence-electron chi connectivity index (χ4n) is 1.87. The van der Waals surface area contributed by atoms with Crippen LogP contribution in [0.4, 0.5) is 0 Å². The lowest BCUT2D eigenvalue weighted by Gasteiger charge is -2.21. The normalized spacial score (nSPS) is 21.5. The molecule has 1 saturated heterocycles. The first-order valence-electron chi connectivity index (χ1n) is 5.79. The number of morpholine rings is 1. The van der Waals surface area contributed by atoms with E-state index in [1.807, 2.05) is 4.52 Å². The summed E-state index contributed by atoms with van der Waals surface area (Å²) in [6, 6.07) is 0.190. The van der Waals surface area contributed by atoms with Gasteiger partial charge in [-0.25, -0.2) is 0 Å². The molecular weight excluding hydrogens is 238 g/mol. The zero-order valence-electron chi connectivity index (χ0n) is 9.88. The molecule has 1 atom stereocenters. The average molecular weight is 253 g/mol. The number of rotatable bonds is 2. The van der Waals surface area contributed by atoms with Gasteiger partial charge in [-0.3, -0.25) is 0 Å². The zero-order chi connectivity index (χ0) is 11.8. The molecule has 1 fully saturated rings. The van der Waals surface area contributed by atoms with E-state index in [9.17, 15) is 0 Å². The van der Waals surface area contributed by atoms with Crippen molar-refractivity contribution in [2.45, 2.75) is 25.8 Å². The van der Waals surface area contributed by atoms with Gasteiger partial charge >= 0.3 is 0 Å². The van der Waals surface area contributed by atoms with Crippen LogP contribution in [0, 0.1) is 0 Å². The Morgan fingerprint density at radius 1 is 1.47 bits per heavy atom. The number of hydrogen-bond acceptors (Lipinski definition) is 6. The molecule has 1 N–H and O–H groups in total. The lowest BCUT2D eigenvalue weighted by Crippen LogP contribution is -2.34. The molecule has 17 heavy (non-hydrogen) atoms. The number of fused-ring (bicyclic) bond motifs is 1. The highest BCUT2D eigenvalue weighted by atomic mass is 32.1. The van der Waals surface area contributed by atoms with Crippen LogP contribution in [-0.4, -0.2) is 39.6 Å². The molecule has 0 aromatic carbocycles. The Bertz CT molecular complexity index is 514. The van der Waals surface area contributed by atoms with E-state index in [0.29, 0.717) is 12.5 Å². The third-order valence-electron chi connectivity index (χ3n) is 2.77. The fourth-order valence-corrected chi connectivity index (χ4v) is 2.78. The number of aromatic nitrogens is 4. The Balaban J connectivity index is 1.95. The highest BCUT2D eigenvalue weighted by molar-refractivity contribution is 7.16. The number of ether oxygens (including phenoxy) is 1. The molecule has 0 saturated carbocycles. The van der Waals surface area contributed by atoms with E-state index in [0.717, 1.165) is 28.9 Å². The lowest BCUT2D eigenvalue weighted by atomic mass is 10.2. The molecule has 2 aromatic heterocycles. The largest absolute Gasteiger partial charge is 0.378 e. The second-order valence-corrected chi connectivity index (χ2v) is 5.42. The minimum Gasteiger partial charge on any atom is -0.378 e. The van der Waals surface area contributed by atoms with Crippen molar-refractivity contribution in [2.24, 2.45) is 0 Å². The van der Waals surface area contributed by atoms with E-state index in [2.05, 4.69) is 34.5 Å². The molecule has 0 aliphatic carbocycles. The van der Waals surface area contributed by atoms with Crippen LogP contribution in [0.2, 0.25) is 0 Å². The molecule has 3 heterocycles. The predicted octanol–water partition coefficient (Wildman–Crippen LogP) is 0.970. The molecule has 1 aliphatic heterocycles. The van der Waals surface area contributed by atoms with Crippen molar-refractivity contribution < 1.29 is 4.74 Å². The van der Waals surface area contributed by atoms with Crippen LogP contribution < -0.4 is 5.32 Å². The van der Waals surface area contributed by atoms with Crippen molar-refractivity contribution in [1.82, 2.24) is 25.1 Å². The van der Waals surface area contributed by atoms with Gasteiger partial charge in [-0.15, -0.1) is 10.2 Å². The van der Waals surface area contributed by atoms with Gasteiger partial charge in [-0.2, -0.15) is 9.61 Å². The SMILES string of the molecule is CC(C)c1nnc2sc(C3COCCN3)nn12. The molecule has 1 unspecified atom stereocenters. The predicted molar refractivity (Wildman–Crippen MR) is 64.3 cm³/mol. The fraction of sp³-hybridized carbons (Fsp3) is 0.700. The zero-order valence-corrected chi connectivity index (χ0v) is 10.7. The summed E-state index contributed by atoms with van der Waals surface area (Å²) in [6.45, 7) is 6.52. The second-order valence-electron chi connectivity index (χ2n) is 4.43. The second kappa shape index (κ2) is 4.32. The van der Waals surface area contributed by atoms with Crippen LogP contribution in [0.5, 0.6) is 0 Å². The van der Waals surface area contributed by atoms with Gasteiger partial charge in [0, 0.05) is 12.5 Å². The Kier molecular flexibility index (Phi) is 2.81.